The van der Waals surface area contributed by atoms with E-state index >= 15 is 0 Å². The fourth-order valence-electron chi connectivity index (χ4n) is 3.17. The van der Waals surface area contributed by atoms with E-state index in [2.05, 4.69) is 11.3 Å². The minimum atomic E-state index is -1.46. The molecule has 2 bridgehead atoms. The Morgan fingerprint density at radius 3 is 2.57 bits per heavy atom. The molecule has 3 fully saturated rings. The van der Waals surface area contributed by atoms with Gasteiger partial charge >= 0.3 is 17.9 Å². The molecule has 0 aromatic carbocycles. The summed E-state index contributed by atoms with van der Waals surface area (Å²) in [4.78, 5) is 45.9. The molecule has 0 aromatic rings. The topological polar surface area (TPSA) is 128 Å². The van der Waals surface area contributed by atoms with E-state index in [0.29, 0.717) is 0 Å². The number of aliphatic carboxylic acids is 1. The maximum absolute atomic E-state index is 11.7. The van der Waals surface area contributed by atoms with Crippen LogP contribution in [0.5, 0.6) is 0 Å². The van der Waals surface area contributed by atoms with Crippen LogP contribution in [0.4, 0.5) is 0 Å². The average molecular weight is 325 g/mol. The lowest BCUT2D eigenvalue weighted by Gasteiger charge is -2.28. The standard InChI is InChI=1S/C14H14O9/c1-4(2)13(18)20-3-5(15)21-10-8-6(12(16)17)7-9(22-8)11(10)23-14(7)19/h6-11H,1,3H2,2H3,(H,16,17)/p-1. The molecule has 0 radical (unpaired) electrons. The summed E-state index contributed by atoms with van der Waals surface area (Å²) in [6.45, 7) is 4.11. The van der Waals surface area contributed by atoms with Gasteiger partial charge < -0.3 is 28.8 Å². The lowest BCUT2D eigenvalue weighted by Crippen LogP contribution is -2.51. The molecule has 3 aliphatic heterocycles. The highest BCUT2D eigenvalue weighted by Crippen LogP contribution is 2.50. The van der Waals surface area contributed by atoms with E-state index in [1.165, 1.54) is 6.92 Å². The Bertz CT molecular complexity index is 609. The molecular weight excluding hydrogens is 312 g/mol. The van der Waals surface area contributed by atoms with Gasteiger partial charge in [-0.15, -0.1) is 0 Å². The zero-order valence-electron chi connectivity index (χ0n) is 12.1. The van der Waals surface area contributed by atoms with Crippen LogP contribution in [0, 0.1) is 11.8 Å². The molecule has 0 N–H and O–H groups in total. The molecule has 3 saturated heterocycles. The lowest BCUT2D eigenvalue weighted by atomic mass is 9.78. The van der Waals surface area contributed by atoms with Crippen LogP contribution >= 0.6 is 0 Å². The van der Waals surface area contributed by atoms with Crippen LogP contribution in [-0.2, 0) is 38.1 Å². The average Bonchev–Trinajstić information content (AvgIpc) is 3.07. The van der Waals surface area contributed by atoms with E-state index in [1.807, 2.05) is 0 Å². The van der Waals surface area contributed by atoms with E-state index in [0.717, 1.165) is 0 Å². The lowest BCUT2D eigenvalue weighted by molar-refractivity contribution is -0.314. The monoisotopic (exact) mass is 325 g/mol. The number of rotatable bonds is 5. The fourth-order valence-corrected chi connectivity index (χ4v) is 3.17. The number of esters is 3. The number of carboxylic acids is 1. The molecule has 0 aromatic heterocycles. The molecule has 9 nitrogen and oxygen atoms in total. The van der Waals surface area contributed by atoms with Crippen molar-refractivity contribution in [1.29, 1.82) is 0 Å². The van der Waals surface area contributed by atoms with E-state index in [9.17, 15) is 24.3 Å². The number of carboxylic acid groups (broad SMARTS) is 1. The highest BCUT2D eigenvalue weighted by Gasteiger charge is 2.70. The molecule has 0 amide bonds. The van der Waals surface area contributed by atoms with E-state index in [4.69, 9.17) is 14.2 Å². The van der Waals surface area contributed by atoms with Crippen molar-refractivity contribution >= 4 is 23.9 Å². The molecule has 0 saturated carbocycles. The maximum Gasteiger partial charge on any atom is 0.344 e. The minimum Gasteiger partial charge on any atom is -0.550 e. The van der Waals surface area contributed by atoms with E-state index < -0.39 is 66.7 Å². The molecule has 0 spiro atoms. The van der Waals surface area contributed by atoms with Gasteiger partial charge in [-0.1, -0.05) is 6.58 Å². The molecule has 3 heterocycles. The summed E-state index contributed by atoms with van der Waals surface area (Å²) in [6, 6.07) is 0. The third kappa shape index (κ3) is 2.37. The number of ether oxygens (including phenoxy) is 4. The second kappa shape index (κ2) is 5.34. The Morgan fingerprint density at radius 1 is 1.26 bits per heavy atom. The molecule has 0 aliphatic carbocycles. The molecular formula is C14H13O9-. The highest BCUT2D eigenvalue weighted by molar-refractivity contribution is 5.88. The summed E-state index contributed by atoms with van der Waals surface area (Å²) in [5.74, 6) is -6.00. The SMILES string of the molecule is C=C(C)C(=O)OCC(=O)OC1C2OC(=O)C3C2OC1C3C(=O)[O-]. The molecule has 3 aliphatic rings. The van der Waals surface area contributed by atoms with Gasteiger partial charge in [0.25, 0.3) is 0 Å². The van der Waals surface area contributed by atoms with Crippen LogP contribution < -0.4 is 5.11 Å². The van der Waals surface area contributed by atoms with Crippen LogP contribution in [0.25, 0.3) is 0 Å². The Balaban J connectivity index is 1.66. The summed E-state index contributed by atoms with van der Waals surface area (Å²) in [6.07, 6.45) is -3.71. The van der Waals surface area contributed by atoms with Gasteiger partial charge in [0.05, 0.1) is 5.92 Å². The van der Waals surface area contributed by atoms with Gasteiger partial charge in [-0.25, -0.2) is 9.59 Å². The van der Waals surface area contributed by atoms with Crippen LogP contribution in [0.1, 0.15) is 6.92 Å². The van der Waals surface area contributed by atoms with Gasteiger partial charge in [0.2, 0.25) is 0 Å². The van der Waals surface area contributed by atoms with Crippen LogP contribution in [0.2, 0.25) is 0 Å². The Hall–Kier alpha value is -2.42. The third-order valence-corrected chi connectivity index (χ3v) is 4.11. The fraction of sp³-hybridized carbons (Fsp3) is 0.571. The highest BCUT2D eigenvalue weighted by atomic mass is 16.7. The summed E-state index contributed by atoms with van der Waals surface area (Å²) in [7, 11) is 0. The number of carbonyl (C=O) groups is 4. The van der Waals surface area contributed by atoms with Crippen LogP contribution in [-0.4, -0.2) is 54.9 Å². The van der Waals surface area contributed by atoms with Gasteiger partial charge in [-0.2, -0.15) is 0 Å². The van der Waals surface area contributed by atoms with Crippen molar-refractivity contribution in [2.75, 3.05) is 6.61 Å². The van der Waals surface area contributed by atoms with Crippen molar-refractivity contribution < 1.29 is 43.2 Å². The smallest absolute Gasteiger partial charge is 0.344 e. The first-order valence-electron chi connectivity index (χ1n) is 6.90. The first-order chi connectivity index (χ1) is 10.8. The normalized spacial score (nSPS) is 36.5. The van der Waals surface area contributed by atoms with Gasteiger partial charge in [-0.3, -0.25) is 4.79 Å². The summed E-state index contributed by atoms with van der Waals surface area (Å²) < 4.78 is 20.2. The van der Waals surface area contributed by atoms with E-state index in [-0.39, 0.29) is 5.57 Å². The largest absolute Gasteiger partial charge is 0.550 e. The van der Waals surface area contributed by atoms with Crippen molar-refractivity contribution in [3.8, 4) is 0 Å². The van der Waals surface area contributed by atoms with Gasteiger partial charge in [-0.05, 0) is 6.92 Å². The van der Waals surface area contributed by atoms with Gasteiger partial charge in [0.1, 0.15) is 12.2 Å². The Morgan fingerprint density at radius 2 is 1.96 bits per heavy atom. The molecule has 6 atom stereocenters. The molecule has 9 heteroatoms. The summed E-state index contributed by atoms with van der Waals surface area (Å²) >= 11 is 0. The van der Waals surface area contributed by atoms with Crippen LogP contribution in [0.15, 0.2) is 12.2 Å². The number of hydrogen-bond acceptors (Lipinski definition) is 9. The zero-order chi connectivity index (χ0) is 16.9. The molecule has 124 valence electrons. The number of carbonyl (C=O) groups excluding carboxylic acids is 4. The molecule has 3 rings (SSSR count). The third-order valence-electron chi connectivity index (χ3n) is 4.11. The zero-order valence-corrected chi connectivity index (χ0v) is 12.1. The first-order valence-corrected chi connectivity index (χ1v) is 6.90. The summed E-state index contributed by atoms with van der Waals surface area (Å²) in [5, 5.41) is 11.2. The Kier molecular flexibility index (Phi) is 3.59. The molecule has 23 heavy (non-hydrogen) atoms. The number of fused-ring (bicyclic) bond motifs is 1. The quantitative estimate of drug-likeness (QED) is 0.311. The summed E-state index contributed by atoms with van der Waals surface area (Å²) in [5.41, 5.74) is 0.116. The minimum absolute atomic E-state index is 0.116. The Labute approximate surface area is 130 Å². The van der Waals surface area contributed by atoms with Gasteiger partial charge in [0, 0.05) is 17.5 Å². The van der Waals surface area contributed by atoms with Crippen molar-refractivity contribution in [2.45, 2.75) is 31.3 Å². The first kappa shape index (κ1) is 15.5. The second-order valence-corrected chi connectivity index (χ2v) is 5.65. The van der Waals surface area contributed by atoms with Crippen LogP contribution in [0.3, 0.4) is 0 Å². The molecule has 6 unspecified atom stereocenters. The number of hydrogen-bond donors (Lipinski definition) is 0. The van der Waals surface area contributed by atoms with Crippen molar-refractivity contribution in [1.82, 2.24) is 0 Å². The maximum atomic E-state index is 11.7. The van der Waals surface area contributed by atoms with Crippen molar-refractivity contribution in [3.63, 3.8) is 0 Å². The van der Waals surface area contributed by atoms with Gasteiger partial charge in [0.15, 0.2) is 18.8 Å². The van der Waals surface area contributed by atoms with E-state index in [1.54, 1.807) is 0 Å². The predicted octanol–water partition coefficient (Wildman–Crippen LogP) is -2.29. The predicted molar refractivity (Wildman–Crippen MR) is 66.2 cm³/mol. The van der Waals surface area contributed by atoms with Crippen molar-refractivity contribution in [2.24, 2.45) is 11.8 Å². The van der Waals surface area contributed by atoms with Crippen molar-refractivity contribution in [3.05, 3.63) is 12.2 Å². The second-order valence-electron chi connectivity index (χ2n) is 5.65.